The first-order valence-electron chi connectivity index (χ1n) is 15.9. The van der Waals surface area contributed by atoms with Gasteiger partial charge < -0.3 is 10.6 Å². The summed E-state index contributed by atoms with van der Waals surface area (Å²) in [5, 5.41) is 5.00. The van der Waals surface area contributed by atoms with Crippen LogP contribution in [0.2, 0.25) is 0 Å². The van der Waals surface area contributed by atoms with Gasteiger partial charge in [0.2, 0.25) is 0 Å². The number of quaternary nitrogens is 2. The number of benzene rings is 2. The van der Waals surface area contributed by atoms with Gasteiger partial charge in [0.25, 0.3) is 0 Å². The van der Waals surface area contributed by atoms with Crippen molar-refractivity contribution in [3.05, 3.63) is 94.1 Å². The van der Waals surface area contributed by atoms with Crippen molar-refractivity contribution in [2.75, 3.05) is 13.1 Å². The van der Waals surface area contributed by atoms with Gasteiger partial charge in [-0.2, -0.15) is 0 Å². The number of rotatable bonds is 14. The predicted molar refractivity (Wildman–Crippen MR) is 193 cm³/mol. The van der Waals surface area contributed by atoms with Crippen molar-refractivity contribution >= 4 is 24.8 Å². The van der Waals surface area contributed by atoms with Crippen LogP contribution < -0.4 is 10.6 Å². The monoisotopic (exact) mass is 620 g/mol. The Morgan fingerprint density at radius 3 is 1.07 bits per heavy atom. The number of hydrogen-bond acceptors (Lipinski definition) is 0. The van der Waals surface area contributed by atoms with Crippen LogP contribution in [-0.2, 0) is 0 Å². The molecule has 0 fully saturated rings. The van der Waals surface area contributed by atoms with Crippen LogP contribution in [-0.4, -0.2) is 25.2 Å². The molecule has 0 unspecified atom stereocenters. The highest BCUT2D eigenvalue weighted by molar-refractivity contribution is 5.85. The zero-order valence-electron chi connectivity index (χ0n) is 29.0. The number of hydrogen-bond donors (Lipinski definition) is 2. The second-order valence-electron chi connectivity index (χ2n) is 13.6. The van der Waals surface area contributed by atoms with Crippen LogP contribution in [0.3, 0.4) is 0 Å². The fourth-order valence-electron chi connectivity index (χ4n) is 5.09. The van der Waals surface area contributed by atoms with Gasteiger partial charge in [-0.3, -0.25) is 0 Å². The summed E-state index contributed by atoms with van der Waals surface area (Å²) in [6, 6.07) is 19.2. The van der Waals surface area contributed by atoms with Crippen molar-refractivity contribution in [2.24, 2.45) is 11.8 Å². The van der Waals surface area contributed by atoms with E-state index in [2.05, 4.69) is 154 Å². The number of aryl methyl sites for hydroxylation is 2. The van der Waals surface area contributed by atoms with Gasteiger partial charge in [-0.25, -0.2) is 0 Å². The van der Waals surface area contributed by atoms with E-state index in [1.165, 1.54) is 59.3 Å². The maximum absolute atomic E-state index is 2.50. The molecule has 2 nitrogen and oxygen atoms in total. The van der Waals surface area contributed by atoms with E-state index in [9.17, 15) is 0 Å². The van der Waals surface area contributed by atoms with Gasteiger partial charge in [0.05, 0.1) is 13.1 Å². The lowest BCUT2D eigenvalue weighted by atomic mass is 9.92. The van der Waals surface area contributed by atoms with E-state index in [0.717, 1.165) is 11.8 Å². The molecular formula is C38H66Cl2N2+2. The zero-order chi connectivity index (χ0) is 30.2. The molecule has 0 amide bonds. The summed E-state index contributed by atoms with van der Waals surface area (Å²) >= 11 is 0. The van der Waals surface area contributed by atoms with Crippen LogP contribution in [0, 0.1) is 25.7 Å². The second kappa shape index (κ2) is 22.9. The molecule has 2 aromatic rings. The average Bonchev–Trinajstić information content (AvgIpc) is 2.86. The van der Waals surface area contributed by atoms with Crippen LogP contribution in [0.15, 0.2) is 71.8 Å². The molecule has 0 aliphatic heterocycles. The van der Waals surface area contributed by atoms with Gasteiger partial charge >= 0.3 is 0 Å². The molecule has 240 valence electrons. The highest BCUT2D eigenvalue weighted by atomic mass is 35.5. The van der Waals surface area contributed by atoms with Crippen LogP contribution in [0.4, 0.5) is 0 Å². The summed E-state index contributed by atoms with van der Waals surface area (Å²) in [4.78, 5) is 0. The number of allylic oxidation sites excluding steroid dienone is 2. The minimum atomic E-state index is 0. The van der Waals surface area contributed by atoms with Gasteiger partial charge in [0, 0.05) is 24.7 Å². The molecular weight excluding hydrogens is 555 g/mol. The Balaban J connectivity index is 0. The Morgan fingerprint density at radius 1 is 0.548 bits per heavy atom. The molecule has 42 heavy (non-hydrogen) atoms. The smallest absolute Gasteiger partial charge is 0.105 e. The van der Waals surface area contributed by atoms with Crippen molar-refractivity contribution < 1.29 is 10.6 Å². The van der Waals surface area contributed by atoms with Crippen LogP contribution >= 0.6 is 24.8 Å². The molecule has 4 heteroatoms. The van der Waals surface area contributed by atoms with E-state index < -0.39 is 0 Å². The van der Waals surface area contributed by atoms with Gasteiger partial charge in [0.15, 0.2) is 0 Å². The first kappa shape index (κ1) is 42.6. The number of halogens is 2. The number of nitrogens with two attached hydrogens (primary N) is 2. The third kappa shape index (κ3) is 19.6. The highest BCUT2D eigenvalue weighted by Crippen LogP contribution is 2.22. The Morgan fingerprint density at radius 2 is 0.833 bits per heavy atom. The molecule has 0 heterocycles. The first-order valence-corrected chi connectivity index (χ1v) is 15.9. The summed E-state index contributed by atoms with van der Waals surface area (Å²) in [5.74, 6) is 2.72. The Kier molecular flexibility index (Phi) is 23.2. The van der Waals surface area contributed by atoms with E-state index >= 15 is 0 Å². The molecule has 0 saturated heterocycles. The van der Waals surface area contributed by atoms with E-state index in [-0.39, 0.29) is 24.8 Å². The first-order chi connectivity index (χ1) is 18.8. The lowest BCUT2D eigenvalue weighted by Gasteiger charge is -2.19. The molecule has 0 radical (unpaired) electrons. The fourth-order valence-corrected chi connectivity index (χ4v) is 5.09. The summed E-state index contributed by atoms with van der Waals surface area (Å²) in [6.07, 6.45) is 7.27. The molecule has 4 N–H and O–H groups in total. The minimum absolute atomic E-state index is 0. The molecule has 0 bridgehead atoms. The highest BCUT2D eigenvalue weighted by Gasteiger charge is 2.17. The van der Waals surface area contributed by atoms with Crippen molar-refractivity contribution in [1.82, 2.24) is 0 Å². The van der Waals surface area contributed by atoms with Crippen LogP contribution in [0.5, 0.6) is 0 Å². The third-order valence-electron chi connectivity index (χ3n) is 7.46. The van der Waals surface area contributed by atoms with E-state index in [1.807, 2.05) is 0 Å². The maximum Gasteiger partial charge on any atom is 0.105 e. The van der Waals surface area contributed by atoms with E-state index in [0.29, 0.717) is 23.9 Å². The summed E-state index contributed by atoms with van der Waals surface area (Å²) in [7, 11) is 0. The van der Waals surface area contributed by atoms with Crippen LogP contribution in [0.1, 0.15) is 116 Å². The normalized spacial score (nSPS) is 13.5. The van der Waals surface area contributed by atoms with Crippen molar-refractivity contribution in [2.45, 2.75) is 120 Å². The Labute approximate surface area is 273 Å². The van der Waals surface area contributed by atoms with Gasteiger partial charge in [-0.05, 0) is 76.7 Å². The Bertz CT molecular complexity index is 915. The minimum Gasteiger partial charge on any atom is -0.340 e. The van der Waals surface area contributed by atoms with Gasteiger partial charge in [-0.15, -0.1) is 24.8 Å². The zero-order valence-corrected chi connectivity index (χ0v) is 30.7. The van der Waals surface area contributed by atoms with E-state index in [1.54, 1.807) is 0 Å². The fraction of sp³-hybridized carbons (Fsp3) is 0.579. The van der Waals surface area contributed by atoms with Crippen molar-refractivity contribution in [3.63, 3.8) is 0 Å². The molecule has 0 aromatic heterocycles. The predicted octanol–water partition coefficient (Wildman–Crippen LogP) is 8.93. The summed E-state index contributed by atoms with van der Waals surface area (Å²) in [5.41, 5.74) is 8.44. The lowest BCUT2D eigenvalue weighted by molar-refractivity contribution is -0.684. The van der Waals surface area contributed by atoms with E-state index in [4.69, 9.17) is 0 Å². The van der Waals surface area contributed by atoms with Crippen molar-refractivity contribution in [3.8, 4) is 0 Å². The standard InChI is InChI=1S/2C19H31N.2ClH/c2*1-14(2)11-19(20-13-15(3)4)12-17(6)18-9-7-16(5)8-10-18;;/h2*7-11,15,17,19-20H,12-13H2,1-6H3;2*1H/p+2/t17-,19+;17-,19-;;/m00../s1. The molecule has 0 saturated carbocycles. The van der Waals surface area contributed by atoms with Crippen molar-refractivity contribution in [1.29, 1.82) is 0 Å². The second-order valence-corrected chi connectivity index (χ2v) is 13.6. The quantitative estimate of drug-likeness (QED) is 0.198. The summed E-state index contributed by atoms with van der Waals surface area (Å²) in [6.45, 7) is 29.4. The Hall–Kier alpha value is -1.58. The largest absolute Gasteiger partial charge is 0.340 e. The van der Waals surface area contributed by atoms with Gasteiger partial charge in [-0.1, -0.05) is 112 Å². The molecule has 2 rings (SSSR count). The molecule has 0 spiro atoms. The summed E-state index contributed by atoms with van der Waals surface area (Å²) < 4.78 is 0. The molecule has 0 aliphatic rings. The van der Waals surface area contributed by atoms with Crippen LogP contribution in [0.25, 0.3) is 0 Å². The molecule has 2 aromatic carbocycles. The lowest BCUT2D eigenvalue weighted by Crippen LogP contribution is -2.90. The molecule has 0 aliphatic carbocycles. The third-order valence-corrected chi connectivity index (χ3v) is 7.46. The van der Waals surface area contributed by atoms with Gasteiger partial charge in [0.1, 0.15) is 12.1 Å². The topological polar surface area (TPSA) is 33.2 Å². The maximum atomic E-state index is 2.50. The SMILES string of the molecule is CC(C)=C[C@@H](C[C@H](C)c1ccc(C)cc1)[NH2+]CC(C)C.CC(C)=C[C@H](C[C@H](C)c1ccc(C)cc1)[NH2+]CC(C)C.Cl.Cl. The average molecular weight is 622 g/mol. The molecule has 4 atom stereocenters.